The van der Waals surface area contributed by atoms with Crippen LogP contribution in [-0.4, -0.2) is 0 Å². The van der Waals surface area contributed by atoms with Crippen molar-refractivity contribution in [2.45, 2.75) is 90.4 Å². The minimum absolute atomic E-state index is 1.20. The summed E-state index contributed by atoms with van der Waals surface area (Å²) in [6, 6.07) is 0. The van der Waals surface area contributed by atoms with E-state index in [2.05, 4.69) is 25.7 Å². The molecule has 0 rings (SSSR count). The largest absolute Gasteiger partial charge is 0.103 e. The lowest BCUT2D eigenvalue weighted by molar-refractivity contribution is 0.561. The first-order chi connectivity index (χ1) is 8.91. The smallest absolute Gasteiger partial charge is 0.0351 e. The highest BCUT2D eigenvalue weighted by atomic mass is 14.0. The molecule has 0 aromatic carbocycles. The fraction of sp³-hybridized carbons (Fsp3) is 0.778. The fourth-order valence-electron chi connectivity index (χ4n) is 2.19. The molecule has 0 heterocycles. The predicted octanol–water partition coefficient (Wildman–Crippen LogP) is 6.82. The lowest BCUT2D eigenvalue weighted by Crippen LogP contribution is -1.81. The highest BCUT2D eigenvalue weighted by molar-refractivity contribution is 4.80. The van der Waals surface area contributed by atoms with Crippen molar-refractivity contribution in [2.75, 3.05) is 0 Å². The van der Waals surface area contributed by atoms with Gasteiger partial charge in [-0.05, 0) is 32.1 Å². The number of hydrogen-bond donors (Lipinski definition) is 0. The molecule has 18 heavy (non-hydrogen) atoms. The highest BCUT2D eigenvalue weighted by Crippen LogP contribution is 2.11. The van der Waals surface area contributed by atoms with Gasteiger partial charge in [-0.1, -0.05) is 76.5 Å². The number of allylic oxidation sites excluding steroid dienone is 3. The van der Waals surface area contributed by atoms with E-state index in [1.54, 1.807) is 0 Å². The first kappa shape index (κ1) is 17.5. The minimum atomic E-state index is 1.20. The van der Waals surface area contributed by atoms with Crippen LogP contribution >= 0.6 is 0 Å². The van der Waals surface area contributed by atoms with Crippen molar-refractivity contribution >= 4 is 0 Å². The second-order valence-electron chi connectivity index (χ2n) is 5.31. The van der Waals surface area contributed by atoms with Crippen molar-refractivity contribution in [1.82, 2.24) is 0 Å². The van der Waals surface area contributed by atoms with E-state index in [9.17, 15) is 0 Å². The van der Waals surface area contributed by atoms with Gasteiger partial charge in [0.25, 0.3) is 0 Å². The fourth-order valence-corrected chi connectivity index (χ4v) is 2.19. The minimum Gasteiger partial charge on any atom is -0.103 e. The van der Waals surface area contributed by atoms with Crippen LogP contribution in [0.4, 0.5) is 0 Å². The quantitative estimate of drug-likeness (QED) is 0.234. The summed E-state index contributed by atoms with van der Waals surface area (Å²) in [5, 5.41) is 0. The maximum Gasteiger partial charge on any atom is -0.0351 e. The lowest BCUT2D eigenvalue weighted by Gasteiger charge is -2.01. The number of unbranched alkanes of at least 4 members (excludes halogenated alkanes) is 11. The Morgan fingerprint density at radius 2 is 1.06 bits per heavy atom. The summed E-state index contributed by atoms with van der Waals surface area (Å²) in [4.78, 5) is 0. The van der Waals surface area contributed by atoms with E-state index >= 15 is 0 Å². The van der Waals surface area contributed by atoms with E-state index in [0.717, 1.165) is 0 Å². The summed E-state index contributed by atoms with van der Waals surface area (Å²) in [6.45, 7) is 5.99. The summed E-state index contributed by atoms with van der Waals surface area (Å²) < 4.78 is 0. The first-order valence-electron chi connectivity index (χ1n) is 8.17. The van der Waals surface area contributed by atoms with Gasteiger partial charge in [0, 0.05) is 0 Å². The molecule has 0 bridgehead atoms. The maximum absolute atomic E-state index is 3.76. The van der Waals surface area contributed by atoms with E-state index in [1.165, 1.54) is 83.5 Å². The van der Waals surface area contributed by atoms with E-state index in [4.69, 9.17) is 0 Å². The third-order valence-electron chi connectivity index (χ3n) is 3.40. The van der Waals surface area contributed by atoms with Crippen LogP contribution < -0.4 is 0 Å². The van der Waals surface area contributed by atoms with Gasteiger partial charge in [0.1, 0.15) is 0 Å². The van der Waals surface area contributed by atoms with Gasteiger partial charge >= 0.3 is 0 Å². The molecule has 0 amide bonds. The van der Waals surface area contributed by atoms with Crippen molar-refractivity contribution in [3.63, 3.8) is 0 Å². The summed E-state index contributed by atoms with van der Waals surface area (Å²) in [5.41, 5.74) is 0. The molecule has 0 N–H and O–H groups in total. The van der Waals surface area contributed by atoms with Gasteiger partial charge in [-0.2, -0.15) is 0 Å². The molecule has 0 spiro atoms. The zero-order valence-corrected chi connectivity index (χ0v) is 12.6. The zero-order chi connectivity index (χ0) is 13.3. The third-order valence-corrected chi connectivity index (χ3v) is 3.40. The molecule has 0 atom stereocenters. The van der Waals surface area contributed by atoms with E-state index < -0.39 is 0 Å². The van der Waals surface area contributed by atoms with Crippen molar-refractivity contribution in [1.29, 1.82) is 0 Å². The summed E-state index contributed by atoms with van der Waals surface area (Å²) >= 11 is 0. The molecule has 0 radical (unpaired) electrons. The van der Waals surface area contributed by atoms with Gasteiger partial charge in [0.05, 0.1) is 0 Å². The SMILES string of the molecule is C=CCCCCCCCCCCCC=CCCC. The van der Waals surface area contributed by atoms with Gasteiger partial charge in [-0.25, -0.2) is 0 Å². The van der Waals surface area contributed by atoms with Gasteiger partial charge in [0.2, 0.25) is 0 Å². The van der Waals surface area contributed by atoms with E-state index in [0.29, 0.717) is 0 Å². The Balaban J connectivity index is 2.96. The Hall–Kier alpha value is -0.520. The molecule has 0 fully saturated rings. The van der Waals surface area contributed by atoms with E-state index in [-0.39, 0.29) is 0 Å². The molecule has 0 aromatic rings. The molecule has 0 saturated heterocycles. The molecular formula is C18H34. The Labute approximate surface area is 116 Å². The van der Waals surface area contributed by atoms with Crippen LogP contribution in [0.5, 0.6) is 0 Å². The monoisotopic (exact) mass is 250 g/mol. The molecule has 0 aromatic heterocycles. The van der Waals surface area contributed by atoms with Gasteiger partial charge in [-0.15, -0.1) is 6.58 Å². The zero-order valence-electron chi connectivity index (χ0n) is 12.6. The van der Waals surface area contributed by atoms with Crippen LogP contribution in [0.3, 0.4) is 0 Å². The number of hydrogen-bond acceptors (Lipinski definition) is 0. The Kier molecular flexibility index (Phi) is 16.0. The van der Waals surface area contributed by atoms with Gasteiger partial charge in [-0.3, -0.25) is 0 Å². The average molecular weight is 250 g/mol. The molecule has 0 aliphatic rings. The van der Waals surface area contributed by atoms with Gasteiger partial charge in [0.15, 0.2) is 0 Å². The molecule has 0 saturated carbocycles. The van der Waals surface area contributed by atoms with E-state index in [1.807, 2.05) is 6.08 Å². The highest BCUT2D eigenvalue weighted by Gasteiger charge is 1.91. The van der Waals surface area contributed by atoms with Crippen molar-refractivity contribution in [3.8, 4) is 0 Å². The van der Waals surface area contributed by atoms with Crippen molar-refractivity contribution < 1.29 is 0 Å². The molecule has 0 aliphatic heterocycles. The van der Waals surface area contributed by atoms with Crippen LogP contribution in [-0.2, 0) is 0 Å². The van der Waals surface area contributed by atoms with Crippen LogP contribution in [0.2, 0.25) is 0 Å². The second-order valence-corrected chi connectivity index (χ2v) is 5.31. The summed E-state index contributed by atoms with van der Waals surface area (Å²) in [5.74, 6) is 0. The standard InChI is InChI=1S/C18H34/c1-3-5-7-9-11-13-15-17-18-16-14-12-10-8-6-4-2/h3,8,10H,1,4-7,9,11-18H2,2H3. The molecule has 106 valence electrons. The second kappa shape index (κ2) is 16.5. The van der Waals surface area contributed by atoms with Crippen LogP contribution in [0.15, 0.2) is 24.8 Å². The Morgan fingerprint density at radius 3 is 1.56 bits per heavy atom. The average Bonchev–Trinajstić information content (AvgIpc) is 2.39. The van der Waals surface area contributed by atoms with Gasteiger partial charge < -0.3 is 0 Å². The van der Waals surface area contributed by atoms with Crippen molar-refractivity contribution in [3.05, 3.63) is 24.8 Å². The molecule has 0 nitrogen and oxygen atoms in total. The first-order valence-corrected chi connectivity index (χ1v) is 8.17. The maximum atomic E-state index is 3.76. The molecule has 0 unspecified atom stereocenters. The summed E-state index contributed by atoms with van der Waals surface area (Å²) in [6.07, 6.45) is 24.5. The van der Waals surface area contributed by atoms with Crippen LogP contribution in [0, 0.1) is 0 Å². The molecule has 0 aliphatic carbocycles. The summed E-state index contributed by atoms with van der Waals surface area (Å²) in [7, 11) is 0. The Morgan fingerprint density at radius 1 is 0.611 bits per heavy atom. The van der Waals surface area contributed by atoms with Crippen molar-refractivity contribution in [2.24, 2.45) is 0 Å². The normalized spacial score (nSPS) is 11.2. The number of rotatable bonds is 14. The lowest BCUT2D eigenvalue weighted by atomic mass is 10.1. The molecule has 0 heteroatoms. The topological polar surface area (TPSA) is 0 Å². The van der Waals surface area contributed by atoms with Crippen LogP contribution in [0.1, 0.15) is 90.4 Å². The molecular weight excluding hydrogens is 216 g/mol. The van der Waals surface area contributed by atoms with Crippen LogP contribution in [0.25, 0.3) is 0 Å². The Bertz CT molecular complexity index is 178. The third kappa shape index (κ3) is 15.5. The predicted molar refractivity (Wildman–Crippen MR) is 85.0 cm³/mol.